The van der Waals surface area contributed by atoms with Gasteiger partial charge in [-0.1, -0.05) is 12.1 Å². The van der Waals surface area contributed by atoms with Crippen molar-refractivity contribution in [2.24, 2.45) is 0 Å². The van der Waals surface area contributed by atoms with Crippen LogP contribution in [0.3, 0.4) is 0 Å². The Balaban J connectivity index is 2.44. The molecule has 86 valence electrons. The number of nitrogens with zero attached hydrogens (tertiary/aromatic N) is 1. The zero-order valence-electron chi connectivity index (χ0n) is 9.90. The summed E-state index contributed by atoms with van der Waals surface area (Å²) < 4.78 is 0. The fourth-order valence-electron chi connectivity index (χ4n) is 1.66. The topological polar surface area (TPSA) is 56.0 Å². The van der Waals surface area contributed by atoms with E-state index in [1.807, 2.05) is 19.9 Å². The molecule has 0 bridgehead atoms. The molecule has 0 saturated carbocycles. The van der Waals surface area contributed by atoms with Crippen LogP contribution in [-0.2, 0) is 0 Å². The SMILES string of the molecule is Cc1ccc(C(=O)c2cccc(N)c2C)cn1. The summed E-state index contributed by atoms with van der Waals surface area (Å²) in [6.45, 7) is 3.74. The van der Waals surface area contributed by atoms with Gasteiger partial charge in [-0.2, -0.15) is 0 Å². The van der Waals surface area contributed by atoms with E-state index in [0.717, 1.165) is 11.3 Å². The van der Waals surface area contributed by atoms with E-state index in [0.29, 0.717) is 16.8 Å². The number of benzene rings is 1. The van der Waals surface area contributed by atoms with Crippen molar-refractivity contribution >= 4 is 11.5 Å². The highest BCUT2D eigenvalue weighted by Crippen LogP contribution is 2.18. The standard InChI is InChI=1S/C14H14N2O/c1-9-6-7-11(8-16-9)14(17)12-4-3-5-13(15)10(12)2/h3-8H,15H2,1-2H3. The Morgan fingerprint density at radius 3 is 2.59 bits per heavy atom. The van der Waals surface area contributed by atoms with Gasteiger partial charge in [0.05, 0.1) is 0 Å². The molecular formula is C14H14N2O. The van der Waals surface area contributed by atoms with E-state index in [2.05, 4.69) is 4.98 Å². The van der Waals surface area contributed by atoms with Gasteiger partial charge in [-0.05, 0) is 37.6 Å². The maximum absolute atomic E-state index is 12.2. The summed E-state index contributed by atoms with van der Waals surface area (Å²) in [5, 5.41) is 0. The minimum absolute atomic E-state index is 0.0395. The first-order valence-corrected chi connectivity index (χ1v) is 5.42. The van der Waals surface area contributed by atoms with Crippen LogP contribution in [0.4, 0.5) is 5.69 Å². The molecule has 17 heavy (non-hydrogen) atoms. The normalized spacial score (nSPS) is 10.2. The average Bonchev–Trinajstić information content (AvgIpc) is 2.33. The smallest absolute Gasteiger partial charge is 0.194 e. The lowest BCUT2D eigenvalue weighted by molar-refractivity contribution is 0.103. The third-order valence-corrected chi connectivity index (χ3v) is 2.79. The van der Waals surface area contributed by atoms with Crippen LogP contribution in [0.25, 0.3) is 0 Å². The van der Waals surface area contributed by atoms with Gasteiger partial charge in [-0.15, -0.1) is 0 Å². The Bertz CT molecular complexity index is 559. The van der Waals surface area contributed by atoms with Crippen molar-refractivity contribution in [1.82, 2.24) is 4.98 Å². The Kier molecular flexibility index (Phi) is 2.91. The van der Waals surface area contributed by atoms with Gasteiger partial charge in [-0.25, -0.2) is 0 Å². The first kappa shape index (κ1) is 11.3. The molecule has 0 saturated heterocycles. The van der Waals surface area contributed by atoms with Crippen LogP contribution in [0.2, 0.25) is 0 Å². The average molecular weight is 226 g/mol. The highest BCUT2D eigenvalue weighted by atomic mass is 16.1. The Hall–Kier alpha value is -2.16. The van der Waals surface area contributed by atoms with E-state index < -0.39 is 0 Å². The third kappa shape index (κ3) is 2.18. The van der Waals surface area contributed by atoms with E-state index in [1.165, 1.54) is 0 Å². The molecule has 2 N–H and O–H groups in total. The summed E-state index contributed by atoms with van der Waals surface area (Å²) in [5.74, 6) is -0.0395. The fraction of sp³-hybridized carbons (Fsp3) is 0.143. The number of anilines is 1. The number of carbonyl (C=O) groups is 1. The zero-order valence-corrected chi connectivity index (χ0v) is 9.90. The maximum atomic E-state index is 12.2. The molecule has 0 aliphatic heterocycles. The molecule has 0 aliphatic rings. The molecule has 0 spiro atoms. The van der Waals surface area contributed by atoms with Crippen LogP contribution >= 0.6 is 0 Å². The maximum Gasteiger partial charge on any atom is 0.194 e. The number of hydrogen-bond acceptors (Lipinski definition) is 3. The Morgan fingerprint density at radius 2 is 1.94 bits per heavy atom. The lowest BCUT2D eigenvalue weighted by Crippen LogP contribution is -2.06. The van der Waals surface area contributed by atoms with Crippen LogP contribution in [-0.4, -0.2) is 10.8 Å². The van der Waals surface area contributed by atoms with E-state index in [9.17, 15) is 4.79 Å². The van der Waals surface area contributed by atoms with Gasteiger partial charge < -0.3 is 5.73 Å². The lowest BCUT2D eigenvalue weighted by atomic mass is 9.99. The second-order valence-electron chi connectivity index (χ2n) is 4.04. The van der Waals surface area contributed by atoms with Gasteiger partial charge in [0, 0.05) is 28.7 Å². The van der Waals surface area contributed by atoms with Gasteiger partial charge in [0.15, 0.2) is 5.78 Å². The number of aromatic nitrogens is 1. The summed E-state index contributed by atoms with van der Waals surface area (Å²) in [6, 6.07) is 8.98. The van der Waals surface area contributed by atoms with Crippen molar-refractivity contribution in [1.29, 1.82) is 0 Å². The highest BCUT2D eigenvalue weighted by Gasteiger charge is 2.12. The number of nitrogens with two attached hydrogens (primary N) is 1. The molecule has 1 aromatic heterocycles. The molecule has 1 aromatic carbocycles. The second kappa shape index (κ2) is 4.37. The lowest BCUT2D eigenvalue weighted by Gasteiger charge is -2.07. The van der Waals surface area contributed by atoms with Crippen LogP contribution in [0.5, 0.6) is 0 Å². The monoisotopic (exact) mass is 226 g/mol. The molecule has 0 atom stereocenters. The van der Waals surface area contributed by atoms with Crippen molar-refractivity contribution in [2.45, 2.75) is 13.8 Å². The fourth-order valence-corrected chi connectivity index (χ4v) is 1.66. The predicted octanol–water partition coefficient (Wildman–Crippen LogP) is 2.51. The van der Waals surface area contributed by atoms with E-state index in [4.69, 9.17) is 5.73 Å². The molecule has 0 unspecified atom stereocenters. The summed E-state index contributed by atoms with van der Waals surface area (Å²) in [7, 11) is 0. The number of rotatable bonds is 2. The minimum Gasteiger partial charge on any atom is -0.398 e. The summed E-state index contributed by atoms with van der Waals surface area (Å²) in [5.41, 5.74) is 9.36. The van der Waals surface area contributed by atoms with E-state index >= 15 is 0 Å². The molecule has 3 heteroatoms. The second-order valence-corrected chi connectivity index (χ2v) is 4.04. The van der Waals surface area contributed by atoms with Crippen molar-refractivity contribution in [3.05, 3.63) is 58.9 Å². The number of carbonyl (C=O) groups excluding carboxylic acids is 1. The van der Waals surface area contributed by atoms with Gasteiger partial charge in [0.1, 0.15) is 0 Å². The first-order valence-electron chi connectivity index (χ1n) is 5.42. The van der Waals surface area contributed by atoms with Gasteiger partial charge in [0.25, 0.3) is 0 Å². The molecule has 1 heterocycles. The zero-order chi connectivity index (χ0) is 12.4. The Morgan fingerprint density at radius 1 is 1.18 bits per heavy atom. The number of nitrogen functional groups attached to an aromatic ring is 1. The molecule has 0 fully saturated rings. The Labute approximate surface area is 100 Å². The molecule has 2 rings (SSSR count). The number of ketones is 1. The van der Waals surface area contributed by atoms with Crippen LogP contribution in [0.1, 0.15) is 27.2 Å². The number of aryl methyl sites for hydroxylation is 1. The number of pyridine rings is 1. The minimum atomic E-state index is -0.0395. The van der Waals surface area contributed by atoms with Crippen LogP contribution in [0, 0.1) is 13.8 Å². The number of hydrogen-bond donors (Lipinski definition) is 1. The van der Waals surface area contributed by atoms with Crippen molar-refractivity contribution in [3.63, 3.8) is 0 Å². The summed E-state index contributed by atoms with van der Waals surface area (Å²) in [4.78, 5) is 16.4. The molecule has 0 aliphatic carbocycles. The molecular weight excluding hydrogens is 212 g/mol. The predicted molar refractivity (Wildman–Crippen MR) is 68.0 cm³/mol. The summed E-state index contributed by atoms with van der Waals surface area (Å²) in [6.07, 6.45) is 1.60. The van der Waals surface area contributed by atoms with Crippen molar-refractivity contribution < 1.29 is 4.79 Å². The highest BCUT2D eigenvalue weighted by molar-refractivity contribution is 6.10. The summed E-state index contributed by atoms with van der Waals surface area (Å²) >= 11 is 0. The third-order valence-electron chi connectivity index (χ3n) is 2.79. The van der Waals surface area contributed by atoms with Crippen molar-refractivity contribution in [2.75, 3.05) is 5.73 Å². The van der Waals surface area contributed by atoms with Crippen LogP contribution in [0.15, 0.2) is 36.5 Å². The molecule has 0 radical (unpaired) electrons. The van der Waals surface area contributed by atoms with E-state index in [1.54, 1.807) is 30.5 Å². The van der Waals surface area contributed by atoms with Gasteiger partial charge >= 0.3 is 0 Å². The quantitative estimate of drug-likeness (QED) is 0.632. The van der Waals surface area contributed by atoms with Crippen LogP contribution < -0.4 is 5.73 Å². The molecule has 3 nitrogen and oxygen atoms in total. The molecule has 0 amide bonds. The first-order chi connectivity index (χ1) is 8.09. The largest absolute Gasteiger partial charge is 0.398 e. The van der Waals surface area contributed by atoms with E-state index in [-0.39, 0.29) is 5.78 Å². The van der Waals surface area contributed by atoms with Gasteiger partial charge in [0.2, 0.25) is 0 Å². The molecule has 2 aromatic rings. The van der Waals surface area contributed by atoms with Gasteiger partial charge in [-0.3, -0.25) is 9.78 Å². The van der Waals surface area contributed by atoms with Crippen molar-refractivity contribution in [3.8, 4) is 0 Å².